The molecule has 1 rings (SSSR count). The third-order valence-electron chi connectivity index (χ3n) is 2.20. The highest BCUT2D eigenvalue weighted by Gasteiger charge is 2.25. The first kappa shape index (κ1) is 10.1. The van der Waals surface area contributed by atoms with Crippen molar-refractivity contribution in [2.45, 2.75) is 25.8 Å². The van der Waals surface area contributed by atoms with Crippen molar-refractivity contribution in [3.05, 3.63) is 0 Å². The third-order valence-corrected chi connectivity index (χ3v) is 2.20. The van der Waals surface area contributed by atoms with Gasteiger partial charge in [0.25, 0.3) is 0 Å². The molecule has 0 aliphatic carbocycles. The second kappa shape index (κ2) is 4.88. The van der Waals surface area contributed by atoms with Crippen LogP contribution in [-0.2, 0) is 4.79 Å². The molecule has 13 heavy (non-hydrogen) atoms. The molecule has 0 aromatic carbocycles. The first-order chi connectivity index (χ1) is 6.24. The second-order valence-electron chi connectivity index (χ2n) is 3.31. The highest BCUT2D eigenvalue weighted by atomic mass is 16.2. The lowest BCUT2D eigenvalue weighted by Gasteiger charge is -2.10. The van der Waals surface area contributed by atoms with E-state index in [0.717, 1.165) is 19.5 Å². The van der Waals surface area contributed by atoms with E-state index in [4.69, 9.17) is 0 Å². The molecule has 1 atom stereocenters. The zero-order valence-corrected chi connectivity index (χ0v) is 8.26. The lowest BCUT2D eigenvalue weighted by molar-refractivity contribution is -0.126. The fourth-order valence-corrected chi connectivity index (χ4v) is 1.46. The maximum atomic E-state index is 11.1. The van der Waals surface area contributed by atoms with Crippen molar-refractivity contribution in [2.75, 3.05) is 20.1 Å². The van der Waals surface area contributed by atoms with E-state index in [1.54, 1.807) is 4.90 Å². The van der Waals surface area contributed by atoms with Gasteiger partial charge in [0, 0.05) is 39.0 Å². The maximum absolute atomic E-state index is 11.1. The summed E-state index contributed by atoms with van der Waals surface area (Å²) in [6.07, 6.45) is 1.50. The van der Waals surface area contributed by atoms with Gasteiger partial charge >= 0.3 is 0 Å². The highest BCUT2D eigenvalue weighted by Crippen LogP contribution is 2.07. The minimum Gasteiger partial charge on any atom is -0.344 e. The molecule has 0 aromatic heterocycles. The van der Waals surface area contributed by atoms with Crippen LogP contribution in [0.25, 0.3) is 0 Å². The second-order valence-corrected chi connectivity index (χ2v) is 3.31. The molecule has 1 amide bonds. The van der Waals surface area contributed by atoms with E-state index in [2.05, 4.69) is 17.2 Å². The van der Waals surface area contributed by atoms with Crippen LogP contribution < -0.4 is 5.32 Å². The van der Waals surface area contributed by atoms with E-state index >= 15 is 0 Å². The summed E-state index contributed by atoms with van der Waals surface area (Å²) in [4.78, 5) is 12.9. The van der Waals surface area contributed by atoms with Crippen LogP contribution in [0.15, 0.2) is 0 Å². The summed E-state index contributed by atoms with van der Waals surface area (Å²) >= 11 is 0. The molecule has 1 aliphatic heterocycles. The van der Waals surface area contributed by atoms with Gasteiger partial charge in [-0.2, -0.15) is 0 Å². The summed E-state index contributed by atoms with van der Waals surface area (Å²) < 4.78 is 0. The van der Waals surface area contributed by atoms with Crippen LogP contribution in [0, 0.1) is 11.8 Å². The molecule has 1 heterocycles. The van der Waals surface area contributed by atoms with Gasteiger partial charge in [0.1, 0.15) is 0 Å². The van der Waals surface area contributed by atoms with Crippen LogP contribution >= 0.6 is 0 Å². The van der Waals surface area contributed by atoms with E-state index in [0.29, 0.717) is 12.5 Å². The molecule has 3 nitrogen and oxygen atoms in total. The summed E-state index contributed by atoms with van der Waals surface area (Å²) in [5.74, 6) is 6.06. The van der Waals surface area contributed by atoms with Crippen molar-refractivity contribution in [3.63, 3.8) is 0 Å². The Balaban J connectivity index is 2.16. The third kappa shape index (κ3) is 3.08. The van der Waals surface area contributed by atoms with E-state index in [1.165, 1.54) is 0 Å². The topological polar surface area (TPSA) is 32.3 Å². The predicted molar refractivity (Wildman–Crippen MR) is 52.1 cm³/mol. The van der Waals surface area contributed by atoms with Gasteiger partial charge in [0.15, 0.2) is 0 Å². The lowest BCUT2D eigenvalue weighted by Crippen LogP contribution is -2.32. The Morgan fingerprint density at radius 2 is 2.46 bits per heavy atom. The average Bonchev–Trinajstić information content (AvgIpc) is 2.41. The molecule has 3 heteroatoms. The number of likely N-dealkylation sites (tertiary alicyclic amines) is 1. The molecule has 1 saturated heterocycles. The number of hydrogen-bond acceptors (Lipinski definition) is 2. The molecule has 0 aromatic rings. The summed E-state index contributed by atoms with van der Waals surface area (Å²) in [6, 6.07) is 0.330. The van der Waals surface area contributed by atoms with Crippen molar-refractivity contribution < 1.29 is 4.79 Å². The van der Waals surface area contributed by atoms with Crippen LogP contribution in [-0.4, -0.2) is 37.0 Å². The first-order valence-corrected chi connectivity index (χ1v) is 4.61. The van der Waals surface area contributed by atoms with Gasteiger partial charge in [-0.25, -0.2) is 0 Å². The van der Waals surface area contributed by atoms with Gasteiger partial charge in [-0.3, -0.25) is 4.79 Å². The summed E-state index contributed by atoms with van der Waals surface area (Å²) in [6.45, 7) is 3.55. The SMILES string of the molecule is CC#CCCNC1CC(=O)N(C)C1. The molecular weight excluding hydrogens is 164 g/mol. The molecule has 1 aliphatic rings. The molecule has 72 valence electrons. The number of carbonyl (C=O) groups is 1. The fraction of sp³-hybridized carbons (Fsp3) is 0.700. The largest absolute Gasteiger partial charge is 0.344 e. The molecule has 0 radical (unpaired) electrons. The first-order valence-electron chi connectivity index (χ1n) is 4.61. The number of amides is 1. The quantitative estimate of drug-likeness (QED) is 0.498. The standard InChI is InChI=1S/C10H16N2O/c1-3-4-5-6-11-9-7-10(13)12(2)8-9/h9,11H,5-8H2,1-2H3. The Hall–Kier alpha value is -1.01. The maximum Gasteiger partial charge on any atom is 0.224 e. The van der Waals surface area contributed by atoms with E-state index in [-0.39, 0.29) is 5.91 Å². The van der Waals surface area contributed by atoms with Crippen LogP contribution in [0.4, 0.5) is 0 Å². The smallest absolute Gasteiger partial charge is 0.224 e. The van der Waals surface area contributed by atoms with Gasteiger partial charge in [-0.05, 0) is 6.92 Å². The fourth-order valence-electron chi connectivity index (χ4n) is 1.46. The molecule has 0 bridgehead atoms. The molecule has 1 unspecified atom stereocenters. The minimum absolute atomic E-state index is 0.235. The van der Waals surface area contributed by atoms with Crippen LogP contribution in [0.2, 0.25) is 0 Å². The summed E-state index contributed by atoms with van der Waals surface area (Å²) in [5, 5.41) is 3.31. The number of nitrogens with zero attached hydrogens (tertiary/aromatic N) is 1. The molecular formula is C10H16N2O. The minimum atomic E-state index is 0.235. The monoisotopic (exact) mass is 180 g/mol. The molecule has 0 saturated carbocycles. The van der Waals surface area contributed by atoms with E-state index in [1.807, 2.05) is 14.0 Å². The van der Waals surface area contributed by atoms with Gasteiger partial charge < -0.3 is 10.2 Å². The Morgan fingerprint density at radius 3 is 3.00 bits per heavy atom. The molecule has 1 N–H and O–H groups in total. The summed E-state index contributed by atoms with van der Waals surface area (Å²) in [7, 11) is 1.84. The molecule has 1 fully saturated rings. The van der Waals surface area contributed by atoms with Crippen molar-refractivity contribution >= 4 is 5.91 Å². The van der Waals surface area contributed by atoms with E-state index in [9.17, 15) is 4.79 Å². The summed E-state index contributed by atoms with van der Waals surface area (Å²) in [5.41, 5.74) is 0. The normalized spacial score (nSPS) is 21.5. The van der Waals surface area contributed by atoms with Gasteiger partial charge in [0.05, 0.1) is 0 Å². The van der Waals surface area contributed by atoms with Gasteiger partial charge in [0.2, 0.25) is 5.91 Å². The van der Waals surface area contributed by atoms with Gasteiger partial charge in [-0.15, -0.1) is 11.8 Å². The van der Waals surface area contributed by atoms with Crippen molar-refractivity contribution in [3.8, 4) is 11.8 Å². The number of nitrogens with one attached hydrogen (secondary N) is 1. The molecule has 0 spiro atoms. The highest BCUT2D eigenvalue weighted by molar-refractivity contribution is 5.78. The van der Waals surface area contributed by atoms with Crippen molar-refractivity contribution in [1.82, 2.24) is 10.2 Å². The predicted octanol–water partition coefficient (Wildman–Crippen LogP) is 0.220. The van der Waals surface area contributed by atoms with Crippen LogP contribution in [0.1, 0.15) is 19.8 Å². The number of carbonyl (C=O) groups excluding carboxylic acids is 1. The average molecular weight is 180 g/mol. The van der Waals surface area contributed by atoms with Gasteiger partial charge in [-0.1, -0.05) is 0 Å². The van der Waals surface area contributed by atoms with Crippen LogP contribution in [0.3, 0.4) is 0 Å². The van der Waals surface area contributed by atoms with Crippen molar-refractivity contribution in [1.29, 1.82) is 0 Å². The number of rotatable bonds is 3. The Kier molecular flexibility index (Phi) is 3.78. The number of likely N-dealkylation sites (N-methyl/N-ethyl adjacent to an activating group) is 1. The zero-order chi connectivity index (χ0) is 9.68. The lowest BCUT2D eigenvalue weighted by atomic mass is 10.2. The van der Waals surface area contributed by atoms with E-state index < -0.39 is 0 Å². The Labute approximate surface area is 79.5 Å². The van der Waals surface area contributed by atoms with Crippen molar-refractivity contribution in [2.24, 2.45) is 0 Å². The zero-order valence-electron chi connectivity index (χ0n) is 8.26. The number of hydrogen-bond donors (Lipinski definition) is 1. The Morgan fingerprint density at radius 1 is 1.69 bits per heavy atom. The van der Waals surface area contributed by atoms with Crippen LogP contribution in [0.5, 0.6) is 0 Å². The Bertz CT molecular complexity index is 239.